The number of ether oxygens (including phenoxy) is 1. The molecule has 1 fully saturated rings. The first kappa shape index (κ1) is 23.5. The van der Waals surface area contributed by atoms with Crippen LogP contribution in [0.15, 0.2) is 24.3 Å². The van der Waals surface area contributed by atoms with E-state index in [-0.39, 0.29) is 35.9 Å². The molecule has 0 aromatic heterocycles. The summed E-state index contributed by atoms with van der Waals surface area (Å²) in [7, 11) is -3.27. The van der Waals surface area contributed by atoms with Gasteiger partial charge in [-0.25, -0.2) is 4.79 Å². The van der Waals surface area contributed by atoms with Gasteiger partial charge in [0.15, 0.2) is 0 Å². The Labute approximate surface area is 171 Å². The molecule has 3 atom stereocenters. The second kappa shape index (κ2) is 11.5. The number of carbonyl (C=O) groups is 2. The number of carbonyl (C=O) groups excluding carboxylic acids is 1. The summed E-state index contributed by atoms with van der Waals surface area (Å²) in [6.07, 6.45) is 2.80. The van der Waals surface area contributed by atoms with Gasteiger partial charge in [-0.3, -0.25) is 9.36 Å². The summed E-state index contributed by atoms with van der Waals surface area (Å²) in [4.78, 5) is 32.3. The van der Waals surface area contributed by atoms with Gasteiger partial charge in [0.2, 0.25) is 13.3 Å². The molecule has 1 unspecified atom stereocenters. The molecule has 162 valence electrons. The van der Waals surface area contributed by atoms with Gasteiger partial charge in [-0.1, -0.05) is 24.6 Å². The van der Waals surface area contributed by atoms with E-state index in [9.17, 15) is 24.2 Å². The van der Waals surface area contributed by atoms with E-state index in [4.69, 9.17) is 4.74 Å². The highest BCUT2D eigenvalue weighted by Gasteiger charge is 2.29. The van der Waals surface area contributed by atoms with E-state index in [1.807, 2.05) is 6.07 Å². The smallest absolute Gasteiger partial charge is 0.335 e. The first-order valence-electron chi connectivity index (χ1n) is 9.98. The molecule has 9 heteroatoms. The van der Waals surface area contributed by atoms with Crippen LogP contribution in [0.3, 0.4) is 0 Å². The molecule has 1 saturated heterocycles. The number of aromatic carboxylic acids is 1. The summed E-state index contributed by atoms with van der Waals surface area (Å²) in [5.41, 5.74) is 1.03. The highest BCUT2D eigenvalue weighted by Crippen LogP contribution is 2.42. The molecule has 1 aromatic rings. The predicted molar refractivity (Wildman–Crippen MR) is 111 cm³/mol. The van der Waals surface area contributed by atoms with Crippen molar-refractivity contribution in [1.82, 2.24) is 10.6 Å². The number of rotatable bonds is 11. The number of amides is 1. The van der Waals surface area contributed by atoms with Crippen molar-refractivity contribution in [3.05, 3.63) is 35.4 Å². The van der Waals surface area contributed by atoms with Gasteiger partial charge in [0.25, 0.3) is 0 Å². The third-order valence-electron chi connectivity index (χ3n) is 4.93. The minimum atomic E-state index is -3.27. The number of hydrogen-bond donors (Lipinski definition) is 4. The number of unbranched alkanes of at least 4 members (excludes halogenated alkanes) is 2. The first-order chi connectivity index (χ1) is 13.8. The van der Waals surface area contributed by atoms with E-state index < -0.39 is 13.3 Å². The van der Waals surface area contributed by atoms with Gasteiger partial charge in [0.05, 0.1) is 24.4 Å². The summed E-state index contributed by atoms with van der Waals surface area (Å²) in [5, 5.41) is 15.3. The fraction of sp³-hybridized carbons (Fsp3) is 0.600. The van der Waals surface area contributed by atoms with Crippen molar-refractivity contribution in [2.45, 2.75) is 44.8 Å². The summed E-state index contributed by atoms with van der Waals surface area (Å²) in [6, 6.07) is 6.87. The molecule has 0 bridgehead atoms. The molecule has 8 nitrogen and oxygen atoms in total. The molecular weight excluding hydrogens is 395 g/mol. The standard InChI is InChI=1S/C20H31N2O6P/c1-15(23)21-9-5-2-6-10-29(26,27)14-18-12-22-17(13-28-18)11-16-7-3-4-8-19(16)20(24)25/h3-4,7-8,17-18,22H,2,5-6,9-14H2,1H3,(H,21,23)(H,24,25)(H,26,27)/t17-,18+/m1/s1. The van der Waals surface area contributed by atoms with Gasteiger partial charge >= 0.3 is 5.97 Å². The van der Waals surface area contributed by atoms with E-state index in [0.29, 0.717) is 32.5 Å². The fourth-order valence-corrected chi connectivity index (χ4v) is 5.19. The monoisotopic (exact) mass is 426 g/mol. The molecule has 4 N–H and O–H groups in total. The van der Waals surface area contributed by atoms with E-state index in [1.165, 1.54) is 6.92 Å². The van der Waals surface area contributed by atoms with Crippen LogP contribution in [0.1, 0.15) is 42.1 Å². The van der Waals surface area contributed by atoms with Crippen molar-refractivity contribution >= 4 is 19.2 Å². The molecule has 1 heterocycles. The first-order valence-corrected chi connectivity index (χ1v) is 12.0. The van der Waals surface area contributed by atoms with Crippen LogP contribution in [0.4, 0.5) is 0 Å². The SMILES string of the molecule is CC(=O)NCCCCCP(=O)(O)C[C@@H]1CN[C@H](Cc2ccccc2C(=O)O)CO1. The minimum Gasteiger partial charge on any atom is -0.478 e. The Kier molecular flexibility index (Phi) is 9.30. The molecule has 0 spiro atoms. The van der Waals surface area contributed by atoms with E-state index >= 15 is 0 Å². The lowest BCUT2D eigenvalue weighted by Crippen LogP contribution is -2.48. The highest BCUT2D eigenvalue weighted by molar-refractivity contribution is 7.58. The molecule has 1 aromatic carbocycles. The van der Waals surface area contributed by atoms with Gasteiger partial charge in [0, 0.05) is 32.2 Å². The Bertz CT molecular complexity index is 733. The second-order valence-electron chi connectivity index (χ2n) is 7.52. The van der Waals surface area contributed by atoms with Crippen molar-refractivity contribution in [2.75, 3.05) is 32.0 Å². The molecule has 29 heavy (non-hydrogen) atoms. The summed E-state index contributed by atoms with van der Waals surface area (Å²) in [6.45, 7) is 2.89. The third-order valence-corrected chi connectivity index (χ3v) is 6.92. The molecule has 1 aliphatic rings. The van der Waals surface area contributed by atoms with Crippen molar-refractivity contribution in [1.29, 1.82) is 0 Å². The van der Waals surface area contributed by atoms with Gasteiger partial charge in [-0.15, -0.1) is 0 Å². The van der Waals surface area contributed by atoms with Crippen LogP contribution < -0.4 is 10.6 Å². The van der Waals surface area contributed by atoms with Crippen LogP contribution in [0.25, 0.3) is 0 Å². The van der Waals surface area contributed by atoms with Crippen molar-refractivity contribution in [2.24, 2.45) is 0 Å². The average Bonchev–Trinajstić information content (AvgIpc) is 2.66. The van der Waals surface area contributed by atoms with Crippen LogP contribution in [0.5, 0.6) is 0 Å². The van der Waals surface area contributed by atoms with Crippen LogP contribution in [0.2, 0.25) is 0 Å². The van der Waals surface area contributed by atoms with E-state index in [2.05, 4.69) is 10.6 Å². The molecule has 0 saturated carbocycles. The lowest BCUT2D eigenvalue weighted by molar-refractivity contribution is -0.118. The quantitative estimate of drug-likeness (QED) is 0.314. The van der Waals surface area contributed by atoms with Crippen LogP contribution >= 0.6 is 7.37 Å². The Balaban J connectivity index is 1.70. The number of benzene rings is 1. The van der Waals surface area contributed by atoms with Gasteiger partial charge in [-0.05, 0) is 30.9 Å². The molecule has 0 aliphatic carbocycles. The van der Waals surface area contributed by atoms with Crippen molar-refractivity contribution < 1.29 is 28.9 Å². The Morgan fingerprint density at radius 1 is 1.28 bits per heavy atom. The Hall–Kier alpha value is -1.73. The molecule has 1 amide bonds. The van der Waals surface area contributed by atoms with Crippen LogP contribution in [0, 0.1) is 0 Å². The summed E-state index contributed by atoms with van der Waals surface area (Å²) < 4.78 is 18.2. The molecule has 0 radical (unpaired) electrons. The molecule has 1 aliphatic heterocycles. The van der Waals surface area contributed by atoms with Crippen molar-refractivity contribution in [3.8, 4) is 0 Å². The molecule has 2 rings (SSSR count). The lowest BCUT2D eigenvalue weighted by atomic mass is 10.00. The third kappa shape index (κ3) is 8.66. The minimum absolute atomic E-state index is 0.0291. The highest BCUT2D eigenvalue weighted by atomic mass is 31.2. The number of hydrogen-bond acceptors (Lipinski definition) is 5. The van der Waals surface area contributed by atoms with Crippen LogP contribution in [-0.4, -0.2) is 66.0 Å². The number of morpholine rings is 1. The Morgan fingerprint density at radius 2 is 2.03 bits per heavy atom. The predicted octanol–water partition coefficient (Wildman–Crippen LogP) is 1.86. The van der Waals surface area contributed by atoms with Crippen LogP contribution in [-0.2, 0) is 20.5 Å². The average molecular weight is 426 g/mol. The maximum absolute atomic E-state index is 12.4. The Morgan fingerprint density at radius 3 is 2.69 bits per heavy atom. The van der Waals surface area contributed by atoms with Gasteiger partial charge in [0.1, 0.15) is 0 Å². The topological polar surface area (TPSA) is 125 Å². The maximum atomic E-state index is 12.4. The van der Waals surface area contributed by atoms with Crippen molar-refractivity contribution in [3.63, 3.8) is 0 Å². The lowest BCUT2D eigenvalue weighted by Gasteiger charge is -2.31. The second-order valence-corrected chi connectivity index (χ2v) is 10.0. The number of carboxylic acid groups (broad SMARTS) is 1. The number of carboxylic acids is 1. The normalized spacial score (nSPS) is 21.3. The van der Waals surface area contributed by atoms with E-state index in [0.717, 1.165) is 18.4 Å². The largest absolute Gasteiger partial charge is 0.478 e. The van der Waals surface area contributed by atoms with E-state index in [1.54, 1.807) is 18.2 Å². The zero-order valence-corrected chi connectivity index (χ0v) is 17.7. The molecular formula is C20H31N2O6P. The zero-order valence-electron chi connectivity index (χ0n) is 16.8. The zero-order chi connectivity index (χ0) is 21.3. The van der Waals surface area contributed by atoms with Gasteiger partial charge in [-0.2, -0.15) is 0 Å². The summed E-state index contributed by atoms with van der Waals surface area (Å²) >= 11 is 0. The summed E-state index contributed by atoms with van der Waals surface area (Å²) in [5.74, 6) is -1.02. The maximum Gasteiger partial charge on any atom is 0.335 e. The fourth-order valence-electron chi connectivity index (χ4n) is 3.42. The van der Waals surface area contributed by atoms with Gasteiger partial charge < -0.3 is 25.4 Å². The number of nitrogens with one attached hydrogen (secondary N) is 2.